The minimum Gasteiger partial charge on any atom is -0.492 e. The molecular weight excluding hydrogens is 450 g/mol. The molecule has 0 amide bonds. The quantitative estimate of drug-likeness (QED) is 0.371. The van der Waals surface area contributed by atoms with E-state index in [-0.39, 0.29) is 11.7 Å². The molecule has 0 bridgehead atoms. The Hall–Kier alpha value is -3.61. The highest BCUT2D eigenvalue weighted by Gasteiger charge is 2.23. The summed E-state index contributed by atoms with van der Waals surface area (Å²) in [6, 6.07) is 26.4. The van der Waals surface area contributed by atoms with E-state index >= 15 is 0 Å². The fourth-order valence-corrected chi connectivity index (χ4v) is 4.98. The lowest BCUT2D eigenvalue weighted by Gasteiger charge is -2.21. The molecule has 0 radical (unpaired) electrons. The minimum atomic E-state index is -0.132. The number of nitrogens with zero attached hydrogens (tertiary/aromatic N) is 3. The molecule has 0 N–H and O–H groups in total. The van der Waals surface area contributed by atoms with E-state index in [1.54, 1.807) is 4.68 Å². The summed E-state index contributed by atoms with van der Waals surface area (Å²) in [5.74, 6) is 0.899. The van der Waals surface area contributed by atoms with Crippen LogP contribution < -0.4 is 10.3 Å². The van der Waals surface area contributed by atoms with Gasteiger partial charge in [-0.2, -0.15) is 0 Å². The van der Waals surface area contributed by atoms with Gasteiger partial charge in [-0.3, -0.25) is 14.4 Å². The highest BCUT2D eigenvalue weighted by molar-refractivity contribution is 5.41. The number of rotatable bonds is 7. The van der Waals surface area contributed by atoms with Gasteiger partial charge in [-0.05, 0) is 49.2 Å². The fraction of sp³-hybridized carbons (Fsp3) is 0.300. The van der Waals surface area contributed by atoms with E-state index < -0.39 is 0 Å². The van der Waals surface area contributed by atoms with Gasteiger partial charge in [0.25, 0.3) is 5.56 Å². The van der Waals surface area contributed by atoms with Crippen molar-refractivity contribution in [2.45, 2.75) is 33.0 Å². The molecule has 0 saturated carbocycles. The summed E-state index contributed by atoms with van der Waals surface area (Å²) < 4.78 is 15.9. The molecule has 2 heterocycles. The van der Waals surface area contributed by atoms with Crippen LogP contribution in [0.15, 0.2) is 83.7 Å². The summed E-state index contributed by atoms with van der Waals surface area (Å²) in [6.45, 7) is 7.27. The lowest BCUT2D eigenvalue weighted by molar-refractivity contribution is 0.0912. The molecule has 36 heavy (non-hydrogen) atoms. The van der Waals surface area contributed by atoms with E-state index in [9.17, 15) is 4.79 Å². The summed E-state index contributed by atoms with van der Waals surface area (Å²) in [6.07, 6.45) is -0.132. The number of ether oxygens (including phenoxy) is 2. The zero-order valence-corrected chi connectivity index (χ0v) is 21.2. The summed E-state index contributed by atoms with van der Waals surface area (Å²) in [5, 5.41) is 0. The van der Waals surface area contributed by atoms with Crippen molar-refractivity contribution in [2.24, 2.45) is 7.05 Å². The fourth-order valence-electron chi connectivity index (χ4n) is 4.98. The third-order valence-electron chi connectivity index (χ3n) is 6.94. The molecule has 186 valence electrons. The Balaban J connectivity index is 1.43. The third-order valence-corrected chi connectivity index (χ3v) is 6.94. The number of hydrogen-bond acceptors (Lipinski definition) is 4. The molecular formula is C30H33N3O3. The lowest BCUT2D eigenvalue weighted by Crippen LogP contribution is -2.29. The van der Waals surface area contributed by atoms with Crippen molar-refractivity contribution in [1.82, 2.24) is 14.3 Å². The molecule has 0 spiro atoms. The smallest absolute Gasteiger partial charge is 0.276 e. The zero-order chi connectivity index (χ0) is 25.1. The van der Waals surface area contributed by atoms with Gasteiger partial charge in [0.05, 0.1) is 11.3 Å². The van der Waals surface area contributed by atoms with E-state index in [1.807, 2.05) is 74.1 Å². The summed E-state index contributed by atoms with van der Waals surface area (Å²) in [7, 11) is 1.94. The van der Waals surface area contributed by atoms with Crippen LogP contribution in [-0.4, -0.2) is 34.0 Å². The van der Waals surface area contributed by atoms with Crippen LogP contribution >= 0.6 is 0 Å². The van der Waals surface area contributed by atoms with Gasteiger partial charge in [0, 0.05) is 44.5 Å². The highest BCUT2D eigenvalue weighted by Crippen LogP contribution is 2.32. The maximum Gasteiger partial charge on any atom is 0.276 e. The summed E-state index contributed by atoms with van der Waals surface area (Å²) in [4.78, 5) is 15.8. The predicted octanol–water partition coefficient (Wildman–Crippen LogP) is 5.00. The first-order valence-corrected chi connectivity index (χ1v) is 12.5. The Bertz CT molecular complexity index is 1380. The Morgan fingerprint density at radius 3 is 2.42 bits per heavy atom. The number of hydrogen-bond donors (Lipinski definition) is 0. The van der Waals surface area contributed by atoms with Crippen LogP contribution in [0.25, 0.3) is 5.69 Å². The van der Waals surface area contributed by atoms with Gasteiger partial charge < -0.3 is 9.47 Å². The molecule has 0 aliphatic carbocycles. The highest BCUT2D eigenvalue weighted by atomic mass is 16.5. The van der Waals surface area contributed by atoms with Crippen molar-refractivity contribution < 1.29 is 9.47 Å². The molecule has 1 atom stereocenters. The molecule has 3 aromatic carbocycles. The molecule has 4 aromatic rings. The lowest BCUT2D eigenvalue weighted by atomic mass is 9.98. The average Bonchev–Trinajstić information content (AvgIpc) is 3.04. The second-order valence-corrected chi connectivity index (χ2v) is 9.21. The normalized spacial score (nSPS) is 14.6. The van der Waals surface area contributed by atoms with Gasteiger partial charge in [-0.1, -0.05) is 54.6 Å². The second-order valence-electron chi connectivity index (χ2n) is 9.21. The zero-order valence-electron chi connectivity index (χ0n) is 21.2. The van der Waals surface area contributed by atoms with Crippen molar-refractivity contribution in [3.63, 3.8) is 0 Å². The van der Waals surface area contributed by atoms with Crippen molar-refractivity contribution >= 4 is 0 Å². The summed E-state index contributed by atoms with van der Waals surface area (Å²) in [5.41, 5.74) is 6.04. The topological polar surface area (TPSA) is 48.6 Å². The van der Waals surface area contributed by atoms with Crippen LogP contribution in [-0.2, 0) is 24.9 Å². The van der Waals surface area contributed by atoms with Gasteiger partial charge >= 0.3 is 0 Å². The Morgan fingerprint density at radius 2 is 1.69 bits per heavy atom. The number of fused-ring (bicyclic) bond motifs is 1. The largest absolute Gasteiger partial charge is 0.492 e. The van der Waals surface area contributed by atoms with Crippen molar-refractivity contribution in [1.29, 1.82) is 0 Å². The number of aromatic nitrogens is 2. The van der Waals surface area contributed by atoms with E-state index in [0.29, 0.717) is 26.3 Å². The maximum absolute atomic E-state index is 13.5. The van der Waals surface area contributed by atoms with Gasteiger partial charge in [0.2, 0.25) is 0 Å². The average molecular weight is 484 g/mol. The first kappa shape index (κ1) is 24.1. The van der Waals surface area contributed by atoms with Crippen LogP contribution in [0.1, 0.15) is 41.0 Å². The van der Waals surface area contributed by atoms with Gasteiger partial charge in [0.15, 0.2) is 0 Å². The van der Waals surface area contributed by atoms with Gasteiger partial charge in [-0.15, -0.1) is 0 Å². The van der Waals surface area contributed by atoms with Gasteiger partial charge in [-0.25, -0.2) is 4.68 Å². The maximum atomic E-state index is 13.5. The molecule has 0 unspecified atom stereocenters. The van der Waals surface area contributed by atoms with E-state index in [4.69, 9.17) is 9.47 Å². The predicted molar refractivity (Wildman–Crippen MR) is 142 cm³/mol. The molecule has 1 aromatic heterocycles. The van der Waals surface area contributed by atoms with Crippen LogP contribution in [0, 0.1) is 6.92 Å². The molecule has 6 nitrogen and oxygen atoms in total. The molecule has 6 heteroatoms. The Kier molecular flexibility index (Phi) is 7.07. The summed E-state index contributed by atoms with van der Waals surface area (Å²) >= 11 is 0. The van der Waals surface area contributed by atoms with E-state index in [1.165, 1.54) is 0 Å². The Labute approximate surface area is 212 Å². The first-order chi connectivity index (χ1) is 17.6. The number of benzene rings is 3. The molecule has 1 aliphatic rings. The van der Waals surface area contributed by atoms with E-state index in [0.717, 1.165) is 45.9 Å². The van der Waals surface area contributed by atoms with Crippen molar-refractivity contribution in [3.8, 4) is 11.4 Å². The molecule has 0 fully saturated rings. The minimum absolute atomic E-state index is 0.0285. The van der Waals surface area contributed by atoms with Crippen molar-refractivity contribution in [2.75, 3.05) is 19.8 Å². The molecule has 1 aliphatic heterocycles. The van der Waals surface area contributed by atoms with E-state index in [2.05, 4.69) is 35.2 Å². The Morgan fingerprint density at radius 1 is 0.972 bits per heavy atom. The molecule has 0 saturated heterocycles. The SMILES string of the molecule is CCO[C@@H](c1ccccc1)c1ccc2c(c1)CN(Cc1c(C)n(C)n(-c3ccccc3)c1=O)CCO2. The first-order valence-electron chi connectivity index (χ1n) is 12.5. The molecule has 5 rings (SSSR count). The van der Waals surface area contributed by atoms with Crippen LogP contribution in [0.2, 0.25) is 0 Å². The van der Waals surface area contributed by atoms with Crippen LogP contribution in [0.4, 0.5) is 0 Å². The number of para-hydroxylation sites is 1. The van der Waals surface area contributed by atoms with Crippen molar-refractivity contribution in [3.05, 3.63) is 117 Å². The standard InChI is InChI=1S/C30H33N3O3/c1-4-35-29(23-11-7-5-8-12-23)24-15-16-28-25(19-24)20-32(17-18-36-28)21-27-22(2)31(3)33(30(27)34)26-13-9-6-10-14-26/h5-16,19,29H,4,17-18,20-21H2,1-3H3/t29-/m0/s1. The van der Waals surface area contributed by atoms with Crippen LogP contribution in [0.3, 0.4) is 0 Å². The second kappa shape index (κ2) is 10.6. The third kappa shape index (κ3) is 4.74. The van der Waals surface area contributed by atoms with Gasteiger partial charge in [0.1, 0.15) is 18.5 Å². The monoisotopic (exact) mass is 483 g/mol. The van der Waals surface area contributed by atoms with Crippen LogP contribution in [0.5, 0.6) is 5.75 Å².